The molecule has 108 valence electrons. The zero-order valence-corrected chi connectivity index (χ0v) is 12.4. The molecule has 0 atom stereocenters. The first-order chi connectivity index (χ1) is 9.19. The third kappa shape index (κ3) is 5.49. The molecule has 0 aromatic heterocycles. The predicted octanol–water partition coefficient (Wildman–Crippen LogP) is 2.61. The molecule has 0 aliphatic rings. The highest BCUT2D eigenvalue weighted by Gasteiger charge is 2.12. The van der Waals surface area contributed by atoms with E-state index in [-0.39, 0.29) is 6.10 Å². The number of benzene rings is 1. The molecule has 19 heavy (non-hydrogen) atoms. The largest absolute Gasteiger partial charge is 0.490 e. The minimum absolute atomic E-state index is 0.124. The number of ether oxygens (including phenoxy) is 3. The van der Waals surface area contributed by atoms with Gasteiger partial charge in [0, 0.05) is 25.8 Å². The van der Waals surface area contributed by atoms with Gasteiger partial charge in [0.2, 0.25) is 0 Å². The van der Waals surface area contributed by atoms with Crippen LogP contribution in [0, 0.1) is 0 Å². The van der Waals surface area contributed by atoms with Crippen molar-refractivity contribution in [3.8, 4) is 11.5 Å². The second-order valence-corrected chi connectivity index (χ2v) is 4.51. The molecule has 0 heterocycles. The summed E-state index contributed by atoms with van der Waals surface area (Å²) in [6.45, 7) is 8.90. The summed E-state index contributed by atoms with van der Waals surface area (Å²) in [5.74, 6) is 1.64. The summed E-state index contributed by atoms with van der Waals surface area (Å²) in [6, 6.07) is 5.99. The highest BCUT2D eigenvalue weighted by atomic mass is 16.5. The number of rotatable bonds is 9. The third-order valence-corrected chi connectivity index (χ3v) is 2.51. The van der Waals surface area contributed by atoms with Gasteiger partial charge in [-0.05, 0) is 26.8 Å². The molecule has 1 aromatic rings. The van der Waals surface area contributed by atoms with Crippen molar-refractivity contribution in [2.24, 2.45) is 0 Å². The van der Waals surface area contributed by atoms with Crippen LogP contribution in [0.3, 0.4) is 0 Å². The first kappa shape index (κ1) is 15.8. The Balaban J connectivity index is 2.78. The molecule has 0 amide bonds. The summed E-state index contributed by atoms with van der Waals surface area (Å²) >= 11 is 0. The number of hydrogen-bond donors (Lipinski definition) is 1. The van der Waals surface area contributed by atoms with E-state index in [9.17, 15) is 0 Å². The Kier molecular flexibility index (Phi) is 7.30. The lowest BCUT2D eigenvalue weighted by Crippen LogP contribution is -2.20. The second-order valence-electron chi connectivity index (χ2n) is 4.51. The van der Waals surface area contributed by atoms with E-state index in [1.807, 2.05) is 32.9 Å². The van der Waals surface area contributed by atoms with Gasteiger partial charge in [0.1, 0.15) is 0 Å². The zero-order chi connectivity index (χ0) is 14.1. The van der Waals surface area contributed by atoms with Gasteiger partial charge >= 0.3 is 0 Å². The minimum atomic E-state index is 0.124. The standard InChI is InChI=1S/C15H25NO3/c1-5-18-14-8-6-7-13(11-16-9-10-17-4)15(14)19-12(2)3/h6-8,12,16H,5,9-11H2,1-4H3. The Morgan fingerprint density at radius 1 is 1.26 bits per heavy atom. The Morgan fingerprint density at radius 3 is 2.68 bits per heavy atom. The van der Waals surface area contributed by atoms with Crippen molar-refractivity contribution in [3.63, 3.8) is 0 Å². The summed E-state index contributed by atoms with van der Waals surface area (Å²) in [6.07, 6.45) is 0.124. The molecule has 0 unspecified atom stereocenters. The Hall–Kier alpha value is -1.26. The smallest absolute Gasteiger partial charge is 0.166 e. The van der Waals surface area contributed by atoms with Crippen LogP contribution in [0.2, 0.25) is 0 Å². The molecule has 0 aliphatic heterocycles. The Morgan fingerprint density at radius 2 is 2.05 bits per heavy atom. The second kappa shape index (κ2) is 8.77. The van der Waals surface area contributed by atoms with E-state index in [2.05, 4.69) is 11.4 Å². The summed E-state index contributed by atoms with van der Waals surface area (Å²) in [5.41, 5.74) is 1.11. The van der Waals surface area contributed by atoms with Crippen LogP contribution in [0.1, 0.15) is 26.3 Å². The van der Waals surface area contributed by atoms with Crippen molar-refractivity contribution < 1.29 is 14.2 Å². The van der Waals surface area contributed by atoms with Gasteiger partial charge in [0.25, 0.3) is 0 Å². The van der Waals surface area contributed by atoms with Gasteiger partial charge in [-0.3, -0.25) is 0 Å². The number of hydrogen-bond acceptors (Lipinski definition) is 4. The third-order valence-electron chi connectivity index (χ3n) is 2.51. The monoisotopic (exact) mass is 267 g/mol. The van der Waals surface area contributed by atoms with Crippen LogP contribution in [0.4, 0.5) is 0 Å². The fourth-order valence-corrected chi connectivity index (χ4v) is 1.74. The maximum absolute atomic E-state index is 5.89. The van der Waals surface area contributed by atoms with E-state index in [0.717, 1.165) is 30.2 Å². The van der Waals surface area contributed by atoms with Gasteiger partial charge in [-0.15, -0.1) is 0 Å². The fourth-order valence-electron chi connectivity index (χ4n) is 1.74. The van der Waals surface area contributed by atoms with Crippen LogP contribution in [0.15, 0.2) is 18.2 Å². The van der Waals surface area contributed by atoms with Crippen LogP contribution in [0.25, 0.3) is 0 Å². The van der Waals surface area contributed by atoms with Gasteiger partial charge in [-0.1, -0.05) is 12.1 Å². The molecule has 0 bridgehead atoms. The van der Waals surface area contributed by atoms with E-state index in [1.165, 1.54) is 0 Å². The Bertz CT molecular complexity index is 366. The van der Waals surface area contributed by atoms with E-state index in [1.54, 1.807) is 7.11 Å². The van der Waals surface area contributed by atoms with Crippen LogP contribution >= 0.6 is 0 Å². The van der Waals surface area contributed by atoms with Gasteiger partial charge < -0.3 is 19.5 Å². The summed E-state index contributed by atoms with van der Waals surface area (Å²) in [7, 11) is 1.70. The minimum Gasteiger partial charge on any atom is -0.490 e. The zero-order valence-electron chi connectivity index (χ0n) is 12.4. The van der Waals surface area contributed by atoms with Gasteiger partial charge in [-0.25, -0.2) is 0 Å². The molecular formula is C15H25NO3. The average molecular weight is 267 g/mol. The molecule has 4 nitrogen and oxygen atoms in total. The van der Waals surface area contributed by atoms with Crippen molar-refractivity contribution in [1.29, 1.82) is 0 Å². The molecular weight excluding hydrogens is 242 g/mol. The highest BCUT2D eigenvalue weighted by molar-refractivity contribution is 5.46. The average Bonchev–Trinajstić information content (AvgIpc) is 2.37. The lowest BCUT2D eigenvalue weighted by molar-refractivity contribution is 0.198. The molecule has 1 rings (SSSR count). The summed E-state index contributed by atoms with van der Waals surface area (Å²) in [4.78, 5) is 0. The maximum Gasteiger partial charge on any atom is 0.166 e. The first-order valence-corrected chi connectivity index (χ1v) is 6.80. The topological polar surface area (TPSA) is 39.7 Å². The van der Waals surface area contributed by atoms with E-state index < -0.39 is 0 Å². The van der Waals surface area contributed by atoms with Crippen LogP contribution in [0.5, 0.6) is 11.5 Å². The van der Waals surface area contributed by atoms with Gasteiger partial charge in [0.15, 0.2) is 11.5 Å². The molecule has 4 heteroatoms. The van der Waals surface area contributed by atoms with Gasteiger partial charge in [-0.2, -0.15) is 0 Å². The van der Waals surface area contributed by atoms with E-state index >= 15 is 0 Å². The molecule has 0 radical (unpaired) electrons. The molecule has 0 spiro atoms. The van der Waals surface area contributed by atoms with Crippen molar-refractivity contribution >= 4 is 0 Å². The first-order valence-electron chi connectivity index (χ1n) is 6.80. The molecule has 0 fully saturated rings. The van der Waals surface area contributed by atoms with Crippen molar-refractivity contribution in [2.45, 2.75) is 33.4 Å². The summed E-state index contributed by atoms with van der Waals surface area (Å²) in [5, 5.41) is 3.33. The van der Waals surface area contributed by atoms with Crippen molar-refractivity contribution in [3.05, 3.63) is 23.8 Å². The number of methoxy groups -OCH3 is 1. The molecule has 0 saturated heterocycles. The quantitative estimate of drug-likeness (QED) is 0.698. The lowest BCUT2D eigenvalue weighted by atomic mass is 10.1. The molecule has 1 aromatic carbocycles. The number of nitrogens with one attached hydrogen (secondary N) is 1. The Labute approximate surface area is 116 Å². The van der Waals surface area contributed by atoms with Crippen LogP contribution < -0.4 is 14.8 Å². The fraction of sp³-hybridized carbons (Fsp3) is 0.600. The van der Waals surface area contributed by atoms with Crippen LogP contribution in [-0.4, -0.2) is 33.0 Å². The highest BCUT2D eigenvalue weighted by Crippen LogP contribution is 2.32. The van der Waals surface area contributed by atoms with Crippen molar-refractivity contribution in [2.75, 3.05) is 26.9 Å². The summed E-state index contributed by atoms with van der Waals surface area (Å²) < 4.78 is 16.5. The van der Waals surface area contributed by atoms with Crippen molar-refractivity contribution in [1.82, 2.24) is 5.32 Å². The molecule has 0 aliphatic carbocycles. The number of para-hydroxylation sites is 1. The van der Waals surface area contributed by atoms with Crippen LogP contribution in [-0.2, 0) is 11.3 Å². The molecule has 1 N–H and O–H groups in total. The van der Waals surface area contributed by atoms with E-state index in [0.29, 0.717) is 13.2 Å². The predicted molar refractivity (Wildman–Crippen MR) is 77.0 cm³/mol. The van der Waals surface area contributed by atoms with E-state index in [4.69, 9.17) is 14.2 Å². The normalized spacial score (nSPS) is 10.8. The SMILES string of the molecule is CCOc1cccc(CNCCOC)c1OC(C)C. The maximum atomic E-state index is 5.89. The lowest BCUT2D eigenvalue weighted by Gasteiger charge is -2.18. The molecule has 0 saturated carbocycles. The van der Waals surface area contributed by atoms with Gasteiger partial charge in [0.05, 0.1) is 19.3 Å².